The van der Waals surface area contributed by atoms with Gasteiger partial charge in [0.1, 0.15) is 0 Å². The second-order valence-corrected chi connectivity index (χ2v) is 5.61. The van der Waals surface area contributed by atoms with Gasteiger partial charge in [0, 0.05) is 5.56 Å². The molecule has 1 rings (SSSR count). The highest BCUT2D eigenvalue weighted by atomic mass is 79.9. The lowest BCUT2D eigenvalue weighted by atomic mass is 10.0. The van der Waals surface area contributed by atoms with Gasteiger partial charge in [-0.2, -0.15) is 5.10 Å². The Morgan fingerprint density at radius 1 is 1.56 bits per heavy atom. The molecule has 1 unspecified atom stereocenters. The van der Waals surface area contributed by atoms with Crippen LogP contribution in [0.4, 0.5) is 0 Å². The topological polar surface area (TPSA) is 72.2 Å². The third-order valence-corrected chi connectivity index (χ3v) is 3.80. The molecule has 0 aliphatic heterocycles. The second kappa shape index (κ2) is 5.84. The zero-order valence-corrected chi connectivity index (χ0v) is 12.6. The summed E-state index contributed by atoms with van der Waals surface area (Å²) in [7, 11) is 0. The maximum Gasteiger partial charge on any atom is 0.328 e. The van der Waals surface area contributed by atoms with Gasteiger partial charge >= 0.3 is 5.97 Å². The summed E-state index contributed by atoms with van der Waals surface area (Å²) in [6.45, 7) is 5.40. The Labute approximate surface area is 118 Å². The van der Waals surface area contributed by atoms with Gasteiger partial charge in [-0.25, -0.2) is 9.48 Å². The van der Waals surface area contributed by atoms with E-state index in [1.807, 2.05) is 13.8 Å². The molecule has 0 aliphatic rings. The molecule has 1 N–H and O–H groups in total. The van der Waals surface area contributed by atoms with Crippen molar-refractivity contribution in [2.24, 2.45) is 5.92 Å². The summed E-state index contributed by atoms with van der Waals surface area (Å²) < 4.78 is 1.18. The molecule has 0 aromatic carbocycles. The quantitative estimate of drug-likeness (QED) is 0.916. The molecule has 5 nitrogen and oxygen atoms in total. The van der Waals surface area contributed by atoms with Crippen molar-refractivity contribution in [3.8, 4) is 0 Å². The van der Waals surface area contributed by atoms with Gasteiger partial charge < -0.3 is 5.11 Å². The fraction of sp³-hybridized carbons (Fsp3) is 0.545. The SMILES string of the molecule is Cc1c(Cl)nn(C(CC(C)C)C(=O)O)c(=O)c1Br. The molecule has 0 bridgehead atoms. The third-order valence-electron chi connectivity index (χ3n) is 2.51. The zero-order valence-electron chi connectivity index (χ0n) is 10.3. The van der Waals surface area contributed by atoms with Crippen molar-refractivity contribution in [2.45, 2.75) is 33.2 Å². The van der Waals surface area contributed by atoms with E-state index in [0.717, 1.165) is 4.68 Å². The fourth-order valence-electron chi connectivity index (χ4n) is 1.53. The number of carboxylic acids is 1. The lowest BCUT2D eigenvalue weighted by molar-refractivity contribution is -0.141. The average molecular weight is 338 g/mol. The second-order valence-electron chi connectivity index (χ2n) is 4.46. The fourth-order valence-corrected chi connectivity index (χ4v) is 2.19. The van der Waals surface area contributed by atoms with E-state index in [1.165, 1.54) is 0 Å². The zero-order chi connectivity index (χ0) is 14.0. The maximum atomic E-state index is 12.0. The van der Waals surface area contributed by atoms with Crippen LogP contribution in [-0.2, 0) is 4.79 Å². The van der Waals surface area contributed by atoms with E-state index in [9.17, 15) is 14.7 Å². The van der Waals surface area contributed by atoms with Crippen molar-refractivity contribution >= 4 is 33.5 Å². The number of halogens is 2. The lowest BCUT2D eigenvalue weighted by Gasteiger charge is -2.17. The molecule has 18 heavy (non-hydrogen) atoms. The van der Waals surface area contributed by atoms with Crippen LogP contribution in [0.1, 0.15) is 31.9 Å². The van der Waals surface area contributed by atoms with Crippen LogP contribution < -0.4 is 5.56 Å². The minimum Gasteiger partial charge on any atom is -0.480 e. The molecule has 0 amide bonds. The van der Waals surface area contributed by atoms with E-state index in [-0.39, 0.29) is 15.5 Å². The predicted octanol–water partition coefficient (Wildman–Crippen LogP) is 2.64. The Balaban J connectivity index is 3.38. The monoisotopic (exact) mass is 336 g/mol. The normalized spacial score (nSPS) is 12.8. The summed E-state index contributed by atoms with van der Waals surface area (Å²) in [5, 5.41) is 13.2. The number of aliphatic carboxylic acids is 1. The van der Waals surface area contributed by atoms with Crippen LogP contribution in [0.25, 0.3) is 0 Å². The lowest BCUT2D eigenvalue weighted by Crippen LogP contribution is -2.34. The highest BCUT2D eigenvalue weighted by Crippen LogP contribution is 2.21. The molecule has 1 heterocycles. The average Bonchev–Trinajstić information content (AvgIpc) is 2.28. The first-order valence-electron chi connectivity index (χ1n) is 5.43. The molecule has 0 radical (unpaired) electrons. The molecule has 0 saturated heterocycles. The number of hydrogen-bond donors (Lipinski definition) is 1. The van der Waals surface area contributed by atoms with Crippen LogP contribution in [0.2, 0.25) is 5.15 Å². The number of nitrogens with zero attached hydrogens (tertiary/aromatic N) is 2. The van der Waals surface area contributed by atoms with Crippen LogP contribution in [0.5, 0.6) is 0 Å². The largest absolute Gasteiger partial charge is 0.480 e. The first-order chi connectivity index (χ1) is 8.25. The van der Waals surface area contributed by atoms with Gasteiger partial charge in [0.15, 0.2) is 11.2 Å². The van der Waals surface area contributed by atoms with Crippen molar-refractivity contribution in [1.29, 1.82) is 0 Å². The number of carboxylic acid groups (broad SMARTS) is 1. The number of aromatic nitrogens is 2. The number of hydrogen-bond acceptors (Lipinski definition) is 3. The van der Waals surface area contributed by atoms with Crippen LogP contribution in [0, 0.1) is 12.8 Å². The summed E-state index contributed by atoms with van der Waals surface area (Å²) in [6.07, 6.45) is 0.314. The highest BCUT2D eigenvalue weighted by Gasteiger charge is 2.25. The number of carbonyl (C=O) groups is 1. The van der Waals surface area contributed by atoms with E-state index in [0.29, 0.717) is 12.0 Å². The van der Waals surface area contributed by atoms with E-state index >= 15 is 0 Å². The van der Waals surface area contributed by atoms with Gasteiger partial charge in [-0.15, -0.1) is 0 Å². The molecule has 100 valence electrons. The Morgan fingerprint density at radius 2 is 2.11 bits per heavy atom. The molecule has 7 heteroatoms. The smallest absolute Gasteiger partial charge is 0.328 e. The van der Waals surface area contributed by atoms with Crippen molar-refractivity contribution in [3.05, 3.63) is 25.5 Å². The Kier molecular flexibility index (Phi) is 4.92. The Bertz CT molecular complexity index is 528. The van der Waals surface area contributed by atoms with Crippen LogP contribution in [-0.4, -0.2) is 20.9 Å². The van der Waals surface area contributed by atoms with E-state index in [1.54, 1.807) is 6.92 Å². The van der Waals surface area contributed by atoms with Crippen LogP contribution in [0.15, 0.2) is 9.27 Å². The van der Waals surface area contributed by atoms with Gasteiger partial charge in [-0.1, -0.05) is 25.4 Å². The molecule has 1 aromatic rings. The van der Waals surface area contributed by atoms with Crippen molar-refractivity contribution in [2.75, 3.05) is 0 Å². The maximum absolute atomic E-state index is 12.0. The van der Waals surface area contributed by atoms with E-state index in [2.05, 4.69) is 21.0 Å². The molecular formula is C11H14BrClN2O3. The van der Waals surface area contributed by atoms with E-state index < -0.39 is 17.6 Å². The van der Waals surface area contributed by atoms with Gasteiger partial charge in [0.05, 0.1) is 4.47 Å². The molecule has 0 saturated carbocycles. The molecule has 0 aliphatic carbocycles. The van der Waals surface area contributed by atoms with Crippen LogP contribution >= 0.6 is 27.5 Å². The number of rotatable bonds is 4. The van der Waals surface area contributed by atoms with Crippen molar-refractivity contribution < 1.29 is 9.90 Å². The first kappa shape index (κ1) is 15.2. The Morgan fingerprint density at radius 3 is 2.56 bits per heavy atom. The molecule has 0 fully saturated rings. The molecular weight excluding hydrogens is 323 g/mol. The molecule has 0 spiro atoms. The van der Waals surface area contributed by atoms with Gasteiger partial charge in [-0.3, -0.25) is 4.79 Å². The minimum absolute atomic E-state index is 0.122. The summed E-state index contributed by atoms with van der Waals surface area (Å²) in [6, 6.07) is -1.01. The van der Waals surface area contributed by atoms with E-state index in [4.69, 9.17) is 11.6 Å². The van der Waals surface area contributed by atoms with Gasteiger partial charge in [0.25, 0.3) is 5.56 Å². The Hall–Kier alpha value is -0.880. The van der Waals surface area contributed by atoms with Gasteiger partial charge in [-0.05, 0) is 35.2 Å². The molecule has 1 atom stereocenters. The standard InChI is InChI=1S/C11H14BrClN2O3/c1-5(2)4-7(11(17)18)15-10(16)8(12)6(3)9(13)14-15/h5,7H,4H2,1-3H3,(H,17,18). The summed E-state index contributed by atoms with van der Waals surface area (Å²) >= 11 is 9.00. The third kappa shape index (κ3) is 3.11. The molecule has 1 aromatic heterocycles. The first-order valence-corrected chi connectivity index (χ1v) is 6.60. The minimum atomic E-state index is -1.09. The predicted molar refractivity (Wildman–Crippen MR) is 72.1 cm³/mol. The van der Waals surface area contributed by atoms with Crippen molar-refractivity contribution in [1.82, 2.24) is 9.78 Å². The summed E-state index contributed by atoms with van der Waals surface area (Å²) in [5.41, 5.74) is 0.0246. The van der Waals surface area contributed by atoms with Crippen molar-refractivity contribution in [3.63, 3.8) is 0 Å². The van der Waals surface area contributed by atoms with Gasteiger partial charge in [0.2, 0.25) is 0 Å². The highest BCUT2D eigenvalue weighted by molar-refractivity contribution is 9.10. The summed E-state index contributed by atoms with van der Waals surface area (Å²) in [5.74, 6) is -0.969. The summed E-state index contributed by atoms with van der Waals surface area (Å²) in [4.78, 5) is 23.2. The van der Waals surface area contributed by atoms with Crippen LogP contribution in [0.3, 0.4) is 0 Å².